The van der Waals surface area contributed by atoms with E-state index in [1.807, 2.05) is 32.0 Å². The number of ether oxygens (including phenoxy) is 3. The average Bonchev–Trinajstić information content (AvgIpc) is 2.93. The van der Waals surface area contributed by atoms with Crippen LogP contribution in [0, 0.1) is 11.8 Å². The number of fused-ring (bicyclic) bond motifs is 1. The molecule has 1 aliphatic carbocycles. The van der Waals surface area contributed by atoms with Crippen LogP contribution < -0.4 is 9.47 Å². The fraction of sp³-hybridized carbons (Fsp3) is 0.467. The number of hydrazone groups is 1. The first-order valence-electron chi connectivity index (χ1n) is 13.5. The first kappa shape index (κ1) is 25.5. The molecule has 2 aromatic carbocycles. The number of rotatable bonds is 9. The summed E-state index contributed by atoms with van der Waals surface area (Å²) in [5, 5.41) is 6.62. The Labute approximate surface area is 219 Å². The van der Waals surface area contributed by atoms with Gasteiger partial charge in [-0.05, 0) is 56.0 Å². The second-order valence-corrected chi connectivity index (χ2v) is 9.77. The minimum absolute atomic E-state index is 0.0667. The van der Waals surface area contributed by atoms with E-state index in [1.54, 1.807) is 5.01 Å². The molecule has 2 heterocycles. The summed E-state index contributed by atoms with van der Waals surface area (Å²) in [5.41, 5.74) is 4.28. The van der Waals surface area contributed by atoms with Crippen molar-refractivity contribution in [3.05, 3.63) is 71.3 Å². The summed E-state index contributed by atoms with van der Waals surface area (Å²) in [6.07, 6.45) is 5.86. The topological polar surface area (TPSA) is 63.6 Å². The second-order valence-electron chi connectivity index (χ2n) is 9.77. The third-order valence-electron chi connectivity index (χ3n) is 7.29. The minimum Gasteiger partial charge on any atom is -0.490 e. The first-order valence-corrected chi connectivity index (χ1v) is 13.5. The molecule has 1 fully saturated rings. The number of amides is 1. The van der Waals surface area contributed by atoms with Gasteiger partial charge in [-0.15, -0.1) is 0 Å². The SMILES string of the molecule is CCOc1ccc(C2=NN(Cc3ccc(CN4CCOCC4)cc3)C(=O)[C@@H]3CC=CC[C@H]23)cc1OCC. The van der Waals surface area contributed by atoms with Gasteiger partial charge in [-0.25, -0.2) is 5.01 Å². The zero-order valence-corrected chi connectivity index (χ0v) is 21.9. The number of allylic oxidation sites excluding steroid dienone is 2. The number of hydrogen-bond acceptors (Lipinski definition) is 6. The molecule has 1 amide bonds. The van der Waals surface area contributed by atoms with Crippen LogP contribution in [0.25, 0.3) is 0 Å². The van der Waals surface area contributed by atoms with E-state index in [0.717, 1.165) is 68.3 Å². The molecule has 0 N–H and O–H groups in total. The largest absolute Gasteiger partial charge is 0.490 e. The fourth-order valence-electron chi connectivity index (χ4n) is 5.37. The molecule has 5 rings (SSSR count). The van der Waals surface area contributed by atoms with Crippen molar-refractivity contribution in [1.82, 2.24) is 9.91 Å². The van der Waals surface area contributed by atoms with Crippen LogP contribution in [-0.4, -0.2) is 61.0 Å². The molecule has 0 bridgehead atoms. The van der Waals surface area contributed by atoms with Crippen LogP contribution in [0.1, 0.15) is 43.4 Å². The van der Waals surface area contributed by atoms with Crippen LogP contribution in [-0.2, 0) is 22.6 Å². The predicted octanol–water partition coefficient (Wildman–Crippen LogP) is 4.65. The van der Waals surface area contributed by atoms with Crippen LogP contribution in [0.4, 0.5) is 0 Å². The molecular weight excluding hydrogens is 466 g/mol. The third kappa shape index (κ3) is 5.89. The average molecular weight is 504 g/mol. The zero-order valence-electron chi connectivity index (χ0n) is 21.9. The molecule has 37 heavy (non-hydrogen) atoms. The molecule has 0 spiro atoms. The van der Waals surface area contributed by atoms with E-state index in [1.165, 1.54) is 5.56 Å². The maximum absolute atomic E-state index is 13.5. The van der Waals surface area contributed by atoms with Gasteiger partial charge < -0.3 is 14.2 Å². The molecule has 7 heteroatoms. The number of morpholine rings is 1. The van der Waals surface area contributed by atoms with E-state index in [2.05, 4.69) is 41.3 Å². The Morgan fingerprint density at radius 2 is 1.51 bits per heavy atom. The van der Waals surface area contributed by atoms with E-state index in [9.17, 15) is 4.79 Å². The van der Waals surface area contributed by atoms with Crippen molar-refractivity contribution in [3.63, 3.8) is 0 Å². The molecule has 2 aromatic rings. The molecular formula is C30H37N3O4. The van der Waals surface area contributed by atoms with E-state index in [-0.39, 0.29) is 17.7 Å². The van der Waals surface area contributed by atoms with Gasteiger partial charge >= 0.3 is 0 Å². The molecule has 3 aliphatic rings. The van der Waals surface area contributed by atoms with E-state index in [4.69, 9.17) is 19.3 Å². The van der Waals surface area contributed by atoms with Crippen molar-refractivity contribution < 1.29 is 19.0 Å². The zero-order chi connectivity index (χ0) is 25.6. The van der Waals surface area contributed by atoms with Crippen LogP contribution >= 0.6 is 0 Å². The van der Waals surface area contributed by atoms with Crippen molar-refractivity contribution in [2.75, 3.05) is 39.5 Å². The van der Waals surface area contributed by atoms with E-state index in [0.29, 0.717) is 25.5 Å². The molecule has 0 aromatic heterocycles. The number of carbonyl (C=O) groups excluding carboxylic acids is 1. The van der Waals surface area contributed by atoms with Crippen molar-refractivity contribution in [3.8, 4) is 11.5 Å². The fourth-order valence-corrected chi connectivity index (χ4v) is 5.37. The van der Waals surface area contributed by atoms with Gasteiger partial charge in [-0.3, -0.25) is 9.69 Å². The highest BCUT2D eigenvalue weighted by atomic mass is 16.5. The standard InChI is InChI=1S/C30H37N3O4/c1-3-36-27-14-13-24(19-28(27)37-4-2)29-25-7-5-6-8-26(25)30(34)33(31-29)21-23-11-9-22(10-12-23)20-32-15-17-35-18-16-32/h5-6,9-14,19,25-26H,3-4,7-8,15-18,20-21H2,1-2H3/t25-,26+/m0/s1. The lowest BCUT2D eigenvalue weighted by Gasteiger charge is -2.37. The maximum Gasteiger partial charge on any atom is 0.247 e. The molecule has 0 unspecified atom stereocenters. The van der Waals surface area contributed by atoms with Gasteiger partial charge in [0.1, 0.15) is 0 Å². The lowest BCUT2D eigenvalue weighted by Crippen LogP contribution is -2.45. The Balaban J connectivity index is 1.39. The molecule has 2 atom stereocenters. The maximum atomic E-state index is 13.5. The van der Waals surface area contributed by atoms with Gasteiger partial charge in [0, 0.05) is 31.1 Å². The molecule has 1 saturated heterocycles. The van der Waals surface area contributed by atoms with Gasteiger partial charge in [-0.2, -0.15) is 5.10 Å². The lowest BCUT2D eigenvalue weighted by molar-refractivity contribution is -0.138. The molecule has 0 radical (unpaired) electrons. The number of hydrogen-bond donors (Lipinski definition) is 0. The summed E-state index contributed by atoms with van der Waals surface area (Å²) < 4.78 is 17.1. The lowest BCUT2D eigenvalue weighted by atomic mass is 9.76. The molecule has 7 nitrogen and oxygen atoms in total. The van der Waals surface area contributed by atoms with Crippen LogP contribution in [0.5, 0.6) is 11.5 Å². The van der Waals surface area contributed by atoms with Crippen molar-refractivity contribution in [1.29, 1.82) is 0 Å². The Kier molecular flexibility index (Phi) is 8.21. The smallest absolute Gasteiger partial charge is 0.247 e. The Bertz CT molecular complexity index is 1140. The highest BCUT2D eigenvalue weighted by Gasteiger charge is 2.40. The summed E-state index contributed by atoms with van der Waals surface area (Å²) >= 11 is 0. The molecule has 0 saturated carbocycles. The Hall–Kier alpha value is -3.16. The summed E-state index contributed by atoms with van der Waals surface area (Å²) in [4.78, 5) is 15.9. The van der Waals surface area contributed by atoms with Crippen molar-refractivity contribution >= 4 is 11.6 Å². The van der Waals surface area contributed by atoms with Crippen molar-refractivity contribution in [2.24, 2.45) is 16.9 Å². The second kappa shape index (κ2) is 11.9. The Morgan fingerprint density at radius 1 is 0.865 bits per heavy atom. The summed E-state index contributed by atoms with van der Waals surface area (Å²) in [6.45, 7) is 9.97. The van der Waals surface area contributed by atoms with E-state index < -0.39 is 0 Å². The first-order chi connectivity index (χ1) is 18.2. The van der Waals surface area contributed by atoms with Gasteiger partial charge in [0.15, 0.2) is 11.5 Å². The van der Waals surface area contributed by atoms with Crippen LogP contribution in [0.2, 0.25) is 0 Å². The predicted molar refractivity (Wildman–Crippen MR) is 144 cm³/mol. The highest BCUT2D eigenvalue weighted by molar-refractivity contribution is 6.07. The van der Waals surface area contributed by atoms with Gasteiger partial charge in [0.25, 0.3) is 0 Å². The van der Waals surface area contributed by atoms with Gasteiger partial charge in [-0.1, -0.05) is 36.4 Å². The minimum atomic E-state index is -0.0970. The monoisotopic (exact) mass is 503 g/mol. The normalized spacial score (nSPS) is 21.9. The highest BCUT2D eigenvalue weighted by Crippen LogP contribution is 2.37. The summed E-state index contributed by atoms with van der Waals surface area (Å²) in [5.74, 6) is 1.52. The summed E-state index contributed by atoms with van der Waals surface area (Å²) in [6, 6.07) is 14.6. The number of nitrogens with zero attached hydrogens (tertiary/aromatic N) is 3. The number of benzene rings is 2. The van der Waals surface area contributed by atoms with Crippen molar-refractivity contribution in [2.45, 2.75) is 39.8 Å². The Morgan fingerprint density at radius 3 is 2.22 bits per heavy atom. The molecule has 2 aliphatic heterocycles. The van der Waals surface area contributed by atoms with E-state index >= 15 is 0 Å². The third-order valence-corrected chi connectivity index (χ3v) is 7.29. The van der Waals surface area contributed by atoms with Crippen LogP contribution in [0.15, 0.2) is 59.7 Å². The number of carbonyl (C=O) groups is 1. The molecule has 196 valence electrons. The summed E-state index contributed by atoms with van der Waals surface area (Å²) in [7, 11) is 0. The van der Waals surface area contributed by atoms with Crippen LogP contribution in [0.3, 0.4) is 0 Å². The quantitative estimate of drug-likeness (QED) is 0.467. The van der Waals surface area contributed by atoms with Gasteiger partial charge in [0.2, 0.25) is 5.91 Å². The van der Waals surface area contributed by atoms with Gasteiger partial charge in [0.05, 0.1) is 44.6 Å².